The molecule has 7 heteroatoms. The van der Waals surface area contributed by atoms with Gasteiger partial charge in [-0.15, -0.1) is 0 Å². The van der Waals surface area contributed by atoms with Crippen LogP contribution in [-0.2, 0) is 14.3 Å². The predicted molar refractivity (Wildman–Crippen MR) is 53.3 cm³/mol. The first-order valence-corrected chi connectivity index (χ1v) is 4.45. The van der Waals surface area contributed by atoms with Crippen molar-refractivity contribution in [2.24, 2.45) is 5.73 Å². The smallest absolute Gasteiger partial charge is 0.406 e. The van der Waals surface area contributed by atoms with Gasteiger partial charge in [0.1, 0.15) is 6.04 Å². The lowest BCUT2D eigenvalue weighted by atomic mass is 10.3. The van der Waals surface area contributed by atoms with Crippen LogP contribution in [0.2, 0.25) is 0 Å². The SMILES string of the molecule is COCCNC(=O)C(N)CNC(=O)OC. The number of methoxy groups -OCH3 is 2. The normalized spacial score (nSPS) is 11.7. The van der Waals surface area contributed by atoms with Crippen LogP contribution in [0.15, 0.2) is 0 Å². The molecule has 0 saturated heterocycles. The number of hydrogen-bond acceptors (Lipinski definition) is 5. The third-order valence-electron chi connectivity index (χ3n) is 1.59. The van der Waals surface area contributed by atoms with Gasteiger partial charge in [-0.25, -0.2) is 4.79 Å². The van der Waals surface area contributed by atoms with E-state index < -0.39 is 12.1 Å². The molecule has 0 aliphatic carbocycles. The fraction of sp³-hybridized carbons (Fsp3) is 0.750. The largest absolute Gasteiger partial charge is 0.453 e. The van der Waals surface area contributed by atoms with Gasteiger partial charge in [0, 0.05) is 20.2 Å². The number of carbonyl (C=O) groups is 2. The Bertz CT molecular complexity index is 210. The first-order chi connectivity index (χ1) is 7.11. The molecule has 0 fully saturated rings. The minimum Gasteiger partial charge on any atom is -0.453 e. The summed E-state index contributed by atoms with van der Waals surface area (Å²) in [4.78, 5) is 21.9. The first-order valence-electron chi connectivity index (χ1n) is 4.45. The van der Waals surface area contributed by atoms with E-state index in [1.165, 1.54) is 14.2 Å². The standard InChI is InChI=1S/C8H17N3O4/c1-14-4-3-10-7(12)6(9)5-11-8(13)15-2/h6H,3-5,9H2,1-2H3,(H,10,12)(H,11,13). The third kappa shape index (κ3) is 6.69. The number of rotatable bonds is 6. The van der Waals surface area contributed by atoms with Crippen LogP contribution in [0, 0.1) is 0 Å². The lowest BCUT2D eigenvalue weighted by molar-refractivity contribution is -0.122. The van der Waals surface area contributed by atoms with Crippen molar-refractivity contribution in [2.45, 2.75) is 6.04 Å². The Labute approximate surface area is 88.3 Å². The molecule has 0 aromatic rings. The minimum absolute atomic E-state index is 0.0332. The molecule has 4 N–H and O–H groups in total. The maximum absolute atomic E-state index is 11.2. The van der Waals surface area contributed by atoms with E-state index in [0.29, 0.717) is 13.2 Å². The van der Waals surface area contributed by atoms with Crippen LogP contribution in [0.5, 0.6) is 0 Å². The average molecular weight is 219 g/mol. The summed E-state index contributed by atoms with van der Waals surface area (Å²) in [5.41, 5.74) is 5.48. The number of amides is 2. The Morgan fingerprint density at radius 2 is 2.00 bits per heavy atom. The van der Waals surface area contributed by atoms with Gasteiger partial charge in [-0.3, -0.25) is 4.79 Å². The molecule has 0 rings (SSSR count). The second kappa shape index (κ2) is 8.01. The Kier molecular flexibility index (Phi) is 7.29. The van der Waals surface area contributed by atoms with Gasteiger partial charge in [-0.2, -0.15) is 0 Å². The van der Waals surface area contributed by atoms with Crippen molar-refractivity contribution >= 4 is 12.0 Å². The fourth-order valence-electron chi connectivity index (χ4n) is 0.766. The van der Waals surface area contributed by atoms with Crippen molar-refractivity contribution in [1.82, 2.24) is 10.6 Å². The summed E-state index contributed by atoms with van der Waals surface area (Å²) >= 11 is 0. The molecule has 0 aromatic heterocycles. The van der Waals surface area contributed by atoms with Crippen molar-refractivity contribution in [3.05, 3.63) is 0 Å². The first kappa shape index (κ1) is 13.7. The van der Waals surface area contributed by atoms with Gasteiger partial charge in [-0.05, 0) is 0 Å². The van der Waals surface area contributed by atoms with E-state index >= 15 is 0 Å². The van der Waals surface area contributed by atoms with E-state index in [2.05, 4.69) is 15.4 Å². The highest BCUT2D eigenvalue weighted by Gasteiger charge is 2.13. The van der Waals surface area contributed by atoms with Gasteiger partial charge in [-0.1, -0.05) is 0 Å². The molecule has 0 aliphatic rings. The maximum Gasteiger partial charge on any atom is 0.406 e. The van der Waals surface area contributed by atoms with Gasteiger partial charge < -0.3 is 25.8 Å². The van der Waals surface area contributed by atoms with Gasteiger partial charge in [0.15, 0.2) is 0 Å². The zero-order chi connectivity index (χ0) is 11.7. The molecule has 0 bridgehead atoms. The van der Waals surface area contributed by atoms with Crippen LogP contribution in [0.25, 0.3) is 0 Å². The van der Waals surface area contributed by atoms with Gasteiger partial charge >= 0.3 is 6.09 Å². The van der Waals surface area contributed by atoms with Crippen molar-refractivity contribution in [3.8, 4) is 0 Å². The number of carbonyl (C=O) groups excluding carboxylic acids is 2. The summed E-state index contributed by atoms with van der Waals surface area (Å²) in [5, 5.41) is 4.87. The minimum atomic E-state index is -0.791. The molecular weight excluding hydrogens is 202 g/mol. The second-order valence-corrected chi connectivity index (χ2v) is 2.76. The van der Waals surface area contributed by atoms with Gasteiger partial charge in [0.2, 0.25) is 5.91 Å². The molecule has 0 aromatic carbocycles. The van der Waals surface area contributed by atoms with Crippen LogP contribution >= 0.6 is 0 Å². The monoisotopic (exact) mass is 219 g/mol. The van der Waals surface area contributed by atoms with Crippen LogP contribution in [0.4, 0.5) is 4.79 Å². The lowest BCUT2D eigenvalue weighted by Crippen LogP contribution is -2.48. The molecule has 88 valence electrons. The quantitative estimate of drug-likeness (QED) is 0.468. The highest BCUT2D eigenvalue weighted by atomic mass is 16.5. The number of ether oxygens (including phenoxy) is 2. The summed E-state index contributed by atoms with van der Waals surface area (Å²) in [6, 6.07) is -0.791. The lowest BCUT2D eigenvalue weighted by Gasteiger charge is -2.12. The molecule has 0 heterocycles. The Balaban J connectivity index is 3.64. The van der Waals surface area contributed by atoms with Crippen molar-refractivity contribution in [2.75, 3.05) is 33.9 Å². The Morgan fingerprint density at radius 3 is 2.53 bits per heavy atom. The van der Waals surface area contributed by atoms with Crippen molar-refractivity contribution in [3.63, 3.8) is 0 Å². The zero-order valence-corrected chi connectivity index (χ0v) is 8.91. The molecule has 1 atom stereocenters. The molecule has 15 heavy (non-hydrogen) atoms. The van der Waals surface area contributed by atoms with Crippen LogP contribution in [0.3, 0.4) is 0 Å². The molecule has 2 amide bonds. The molecule has 0 spiro atoms. The van der Waals surface area contributed by atoms with E-state index in [1.54, 1.807) is 0 Å². The number of hydrogen-bond donors (Lipinski definition) is 3. The topological polar surface area (TPSA) is 103 Å². The molecular formula is C8H17N3O4. The molecule has 0 saturated carbocycles. The van der Waals surface area contributed by atoms with E-state index in [0.717, 1.165) is 0 Å². The van der Waals surface area contributed by atoms with Crippen LogP contribution in [0.1, 0.15) is 0 Å². The highest BCUT2D eigenvalue weighted by molar-refractivity contribution is 5.82. The predicted octanol–water partition coefficient (Wildman–Crippen LogP) is -1.57. The van der Waals surface area contributed by atoms with Crippen LogP contribution in [-0.4, -0.2) is 52.0 Å². The molecule has 0 aliphatic heterocycles. The maximum atomic E-state index is 11.2. The highest BCUT2D eigenvalue weighted by Crippen LogP contribution is 1.79. The summed E-state index contributed by atoms with van der Waals surface area (Å²) in [7, 11) is 2.77. The van der Waals surface area contributed by atoms with Gasteiger partial charge in [0.25, 0.3) is 0 Å². The van der Waals surface area contributed by atoms with Crippen LogP contribution < -0.4 is 16.4 Å². The molecule has 1 unspecified atom stereocenters. The molecule has 7 nitrogen and oxygen atoms in total. The summed E-state index contributed by atoms with van der Waals surface area (Å²) in [6.07, 6.45) is -0.616. The fourth-order valence-corrected chi connectivity index (χ4v) is 0.766. The summed E-state index contributed by atoms with van der Waals surface area (Å²) in [6.45, 7) is 0.843. The number of alkyl carbamates (subject to hydrolysis) is 1. The summed E-state index contributed by atoms with van der Waals surface area (Å²) in [5.74, 6) is -0.344. The zero-order valence-electron chi connectivity index (χ0n) is 8.91. The van der Waals surface area contributed by atoms with E-state index in [4.69, 9.17) is 10.5 Å². The molecule has 0 radical (unpaired) electrons. The summed E-state index contributed by atoms with van der Waals surface area (Å²) < 4.78 is 9.06. The number of nitrogens with one attached hydrogen (secondary N) is 2. The Hall–Kier alpha value is -1.34. The van der Waals surface area contributed by atoms with Gasteiger partial charge in [0.05, 0.1) is 13.7 Å². The van der Waals surface area contributed by atoms with E-state index in [9.17, 15) is 9.59 Å². The third-order valence-corrected chi connectivity index (χ3v) is 1.59. The second-order valence-electron chi connectivity index (χ2n) is 2.76. The van der Waals surface area contributed by atoms with E-state index in [1.807, 2.05) is 0 Å². The van der Waals surface area contributed by atoms with Crippen molar-refractivity contribution in [1.29, 1.82) is 0 Å². The van der Waals surface area contributed by atoms with E-state index in [-0.39, 0.29) is 12.5 Å². The number of nitrogens with two attached hydrogens (primary N) is 1. The average Bonchev–Trinajstić information content (AvgIpc) is 2.25. The van der Waals surface area contributed by atoms with Crippen molar-refractivity contribution < 1.29 is 19.1 Å². The Morgan fingerprint density at radius 1 is 1.33 bits per heavy atom.